The first-order valence-corrected chi connectivity index (χ1v) is 6.02. The number of carbonyl (C=O) groups excluding carboxylic acids is 3. The zero-order valence-electron chi connectivity index (χ0n) is 11.2. The molecule has 0 aromatic heterocycles. The smallest absolute Gasteiger partial charge is 0.376 e. The summed E-state index contributed by atoms with van der Waals surface area (Å²) in [4.78, 5) is 33.0. The van der Waals surface area contributed by atoms with Crippen LogP contribution >= 0.6 is 0 Å². The minimum atomic E-state index is -0.732. The first-order chi connectivity index (χ1) is 8.23. The molecule has 6 nitrogen and oxygen atoms in total. The zero-order valence-corrected chi connectivity index (χ0v) is 11.2. The molecule has 0 heterocycles. The Morgan fingerprint density at radius 2 is 1.72 bits per heavy atom. The van der Waals surface area contributed by atoms with Gasteiger partial charge in [-0.1, -0.05) is 6.42 Å². The maximum atomic E-state index is 11.4. The Kier molecular flexibility index (Phi) is 7.00. The second-order valence-electron chi connectivity index (χ2n) is 5.13. The van der Waals surface area contributed by atoms with E-state index in [4.69, 9.17) is 5.73 Å². The van der Waals surface area contributed by atoms with Crippen LogP contribution in [0.15, 0.2) is 0 Å². The van der Waals surface area contributed by atoms with Crippen molar-refractivity contribution < 1.29 is 19.1 Å². The third-order valence-corrected chi connectivity index (χ3v) is 2.17. The highest BCUT2D eigenvalue weighted by Crippen LogP contribution is 2.14. The predicted molar refractivity (Wildman–Crippen MR) is 66.6 cm³/mol. The van der Waals surface area contributed by atoms with Crippen LogP contribution in [0.25, 0.3) is 0 Å². The molecule has 0 aliphatic rings. The number of esters is 1. The Bertz CT molecular complexity index is 308. The Balaban J connectivity index is 3.60. The molecule has 0 aromatic rings. The Hall–Kier alpha value is -1.59. The van der Waals surface area contributed by atoms with Gasteiger partial charge in [0.1, 0.15) is 0 Å². The molecule has 2 amide bonds. The number of hydrogen-bond acceptors (Lipinski definition) is 4. The van der Waals surface area contributed by atoms with Crippen LogP contribution in [0.1, 0.15) is 46.5 Å². The predicted octanol–water partition coefficient (Wildman–Crippen LogP) is 1.33. The van der Waals surface area contributed by atoms with Crippen LogP contribution in [0, 0.1) is 5.41 Å². The lowest BCUT2D eigenvalue weighted by atomic mass is 9.98. The summed E-state index contributed by atoms with van der Waals surface area (Å²) in [6.45, 7) is 5.43. The van der Waals surface area contributed by atoms with Gasteiger partial charge in [0.05, 0.1) is 5.41 Å². The van der Waals surface area contributed by atoms with Gasteiger partial charge in [0.2, 0.25) is 5.91 Å². The fourth-order valence-corrected chi connectivity index (χ4v) is 1.06. The Morgan fingerprint density at radius 1 is 1.11 bits per heavy atom. The molecule has 3 N–H and O–H groups in total. The fourth-order valence-electron chi connectivity index (χ4n) is 1.06. The normalized spacial score (nSPS) is 10.8. The topological polar surface area (TPSA) is 98.5 Å². The van der Waals surface area contributed by atoms with Gasteiger partial charge in [0.25, 0.3) is 0 Å². The lowest BCUT2D eigenvalue weighted by molar-refractivity contribution is -0.146. The molecule has 0 rings (SSSR count). The first kappa shape index (κ1) is 16.4. The van der Waals surface area contributed by atoms with E-state index in [-0.39, 0.29) is 5.91 Å². The van der Waals surface area contributed by atoms with Gasteiger partial charge in [-0.2, -0.15) is 0 Å². The summed E-state index contributed by atoms with van der Waals surface area (Å²) < 4.78 is 4.60. The van der Waals surface area contributed by atoms with Crippen molar-refractivity contribution in [3.8, 4) is 0 Å². The van der Waals surface area contributed by atoms with Crippen molar-refractivity contribution >= 4 is 18.0 Å². The molecule has 0 atom stereocenters. The van der Waals surface area contributed by atoms with Crippen LogP contribution in [0.3, 0.4) is 0 Å². The average molecular weight is 258 g/mol. The number of nitrogens with one attached hydrogen (secondary N) is 1. The van der Waals surface area contributed by atoms with Gasteiger partial charge in [-0.05, 0) is 33.6 Å². The molecule has 0 aliphatic heterocycles. The molecule has 0 radical (unpaired) electrons. The van der Waals surface area contributed by atoms with E-state index in [0.29, 0.717) is 25.8 Å². The number of primary amides is 1. The Morgan fingerprint density at radius 3 is 2.22 bits per heavy atom. The molecular formula is C12H22N2O4. The number of unbranched alkanes of at least 4 members (excludes halogenated alkanes) is 2. The lowest BCUT2D eigenvalue weighted by Crippen LogP contribution is -2.32. The van der Waals surface area contributed by atoms with Gasteiger partial charge in [-0.15, -0.1) is 0 Å². The van der Waals surface area contributed by atoms with E-state index in [1.165, 1.54) is 0 Å². The molecule has 6 heteroatoms. The zero-order chi connectivity index (χ0) is 14.2. The van der Waals surface area contributed by atoms with E-state index >= 15 is 0 Å². The van der Waals surface area contributed by atoms with E-state index in [1.54, 1.807) is 20.8 Å². The minimum Gasteiger partial charge on any atom is -0.376 e. The van der Waals surface area contributed by atoms with Crippen LogP contribution in [0.4, 0.5) is 4.79 Å². The second kappa shape index (κ2) is 7.68. The number of nitrogens with two attached hydrogens (primary N) is 1. The van der Waals surface area contributed by atoms with E-state index in [9.17, 15) is 14.4 Å². The standard InChI is InChI=1S/C12H22N2O4/c1-12(2,3)10(16)18-11(17)14-8-6-4-5-7-9(13)15/h4-8H2,1-3H3,(H2,13,15)(H,14,17). The molecule has 0 fully saturated rings. The summed E-state index contributed by atoms with van der Waals surface area (Å²) in [6, 6.07) is 0. The number of ether oxygens (including phenoxy) is 1. The molecule has 18 heavy (non-hydrogen) atoms. The van der Waals surface area contributed by atoms with Crippen molar-refractivity contribution in [2.24, 2.45) is 11.1 Å². The average Bonchev–Trinajstić information content (AvgIpc) is 2.21. The molecule has 0 saturated carbocycles. The van der Waals surface area contributed by atoms with Gasteiger partial charge in [0.15, 0.2) is 0 Å². The molecule has 0 saturated heterocycles. The molecule has 0 aliphatic carbocycles. The van der Waals surface area contributed by atoms with Crippen LogP contribution in [-0.4, -0.2) is 24.5 Å². The maximum Gasteiger partial charge on any atom is 0.414 e. The van der Waals surface area contributed by atoms with Crippen molar-refractivity contribution in [3.05, 3.63) is 0 Å². The van der Waals surface area contributed by atoms with E-state index in [0.717, 1.165) is 6.42 Å². The largest absolute Gasteiger partial charge is 0.414 e. The van der Waals surface area contributed by atoms with Crippen molar-refractivity contribution in [2.75, 3.05) is 6.54 Å². The number of alkyl carbamates (subject to hydrolysis) is 1. The van der Waals surface area contributed by atoms with Crippen molar-refractivity contribution in [2.45, 2.75) is 46.5 Å². The summed E-state index contributed by atoms with van der Waals surface area (Å²) >= 11 is 0. The minimum absolute atomic E-state index is 0.321. The summed E-state index contributed by atoms with van der Waals surface area (Å²) in [7, 11) is 0. The summed E-state index contributed by atoms with van der Waals surface area (Å²) in [6.07, 6.45) is 1.83. The molecule has 0 bridgehead atoms. The lowest BCUT2D eigenvalue weighted by Gasteiger charge is -2.15. The SMILES string of the molecule is CC(C)(C)C(=O)OC(=O)NCCCCCC(N)=O. The third-order valence-electron chi connectivity index (χ3n) is 2.17. The van der Waals surface area contributed by atoms with Crippen LogP contribution < -0.4 is 11.1 Å². The van der Waals surface area contributed by atoms with Gasteiger partial charge >= 0.3 is 12.1 Å². The van der Waals surface area contributed by atoms with Gasteiger partial charge in [0, 0.05) is 13.0 Å². The van der Waals surface area contributed by atoms with Crippen LogP contribution in [-0.2, 0) is 14.3 Å². The van der Waals surface area contributed by atoms with Gasteiger partial charge in [-0.25, -0.2) is 4.79 Å². The van der Waals surface area contributed by atoms with Gasteiger partial charge in [-0.3, -0.25) is 9.59 Å². The molecule has 0 aromatic carbocycles. The van der Waals surface area contributed by atoms with Crippen molar-refractivity contribution in [3.63, 3.8) is 0 Å². The van der Waals surface area contributed by atoms with Gasteiger partial charge < -0.3 is 15.8 Å². The maximum absolute atomic E-state index is 11.4. The monoisotopic (exact) mass is 258 g/mol. The highest BCUT2D eigenvalue weighted by atomic mass is 16.6. The third kappa shape index (κ3) is 8.55. The molecule has 0 unspecified atom stereocenters. The Labute approximate surface area is 107 Å². The van der Waals surface area contributed by atoms with Crippen LogP contribution in [0.5, 0.6) is 0 Å². The first-order valence-electron chi connectivity index (χ1n) is 6.02. The number of carbonyl (C=O) groups is 3. The van der Waals surface area contributed by atoms with E-state index in [2.05, 4.69) is 10.1 Å². The van der Waals surface area contributed by atoms with E-state index in [1.807, 2.05) is 0 Å². The molecule has 104 valence electrons. The number of hydrogen-bond donors (Lipinski definition) is 2. The molecule has 0 spiro atoms. The highest BCUT2D eigenvalue weighted by molar-refractivity contribution is 5.87. The summed E-state index contributed by atoms with van der Waals surface area (Å²) in [5, 5.41) is 2.48. The summed E-state index contributed by atoms with van der Waals surface area (Å²) in [5.41, 5.74) is 4.29. The summed E-state index contributed by atoms with van der Waals surface area (Å²) in [5.74, 6) is -0.883. The fraction of sp³-hybridized carbons (Fsp3) is 0.750. The van der Waals surface area contributed by atoms with Crippen LogP contribution in [0.2, 0.25) is 0 Å². The van der Waals surface area contributed by atoms with Crippen molar-refractivity contribution in [1.82, 2.24) is 5.32 Å². The van der Waals surface area contributed by atoms with E-state index < -0.39 is 17.5 Å². The molecular weight excluding hydrogens is 236 g/mol. The number of rotatable bonds is 6. The number of amides is 2. The van der Waals surface area contributed by atoms with Crippen molar-refractivity contribution in [1.29, 1.82) is 0 Å². The quantitative estimate of drug-likeness (QED) is 0.426. The highest BCUT2D eigenvalue weighted by Gasteiger charge is 2.25. The second-order valence-corrected chi connectivity index (χ2v) is 5.13.